The summed E-state index contributed by atoms with van der Waals surface area (Å²) in [5, 5.41) is 7.14. The van der Waals surface area contributed by atoms with Gasteiger partial charge in [-0.25, -0.2) is 9.18 Å². The third-order valence-electron chi connectivity index (χ3n) is 3.10. The van der Waals surface area contributed by atoms with Crippen LogP contribution in [0.1, 0.15) is 24.1 Å². The minimum atomic E-state index is -0.725. The van der Waals surface area contributed by atoms with Crippen LogP contribution in [0.25, 0.3) is 0 Å². The molecule has 6 heteroatoms. The Bertz CT molecular complexity index is 619. The molecule has 2 rings (SSSR count). The van der Waals surface area contributed by atoms with E-state index in [-0.39, 0.29) is 5.82 Å². The largest absolute Gasteiger partial charge is 0.467 e. The van der Waals surface area contributed by atoms with E-state index >= 15 is 0 Å². The Hall–Kier alpha value is -2.37. The molecule has 0 fully saturated rings. The van der Waals surface area contributed by atoms with Crippen LogP contribution in [-0.4, -0.2) is 22.9 Å². The van der Waals surface area contributed by atoms with E-state index in [0.29, 0.717) is 17.8 Å². The lowest BCUT2D eigenvalue weighted by Gasteiger charge is -2.16. The lowest BCUT2D eigenvalue weighted by atomic mass is 10.1. The summed E-state index contributed by atoms with van der Waals surface area (Å²) in [6.07, 6.45) is 3.37. The normalized spacial score (nSPS) is 12.0. The van der Waals surface area contributed by atoms with E-state index in [9.17, 15) is 9.18 Å². The predicted molar refractivity (Wildman–Crippen MR) is 77.4 cm³/mol. The van der Waals surface area contributed by atoms with E-state index in [1.165, 1.54) is 19.2 Å². The molecule has 0 aliphatic carbocycles. The molecule has 2 aromatic rings. The highest BCUT2D eigenvalue weighted by atomic mass is 19.1. The maximum Gasteiger partial charge on any atom is 0.333 e. The number of carbonyl (C=O) groups is 1. The summed E-state index contributed by atoms with van der Waals surface area (Å²) in [4.78, 5) is 12.0. The van der Waals surface area contributed by atoms with Gasteiger partial charge in [0, 0.05) is 24.0 Å². The zero-order chi connectivity index (χ0) is 15.4. The predicted octanol–water partition coefficient (Wildman–Crippen LogP) is 2.68. The number of halogens is 1. The van der Waals surface area contributed by atoms with Gasteiger partial charge in [-0.1, -0.05) is 0 Å². The van der Waals surface area contributed by atoms with Crippen LogP contribution in [-0.2, 0) is 16.1 Å². The number of rotatable bonds is 5. The van der Waals surface area contributed by atoms with Crippen LogP contribution in [0, 0.1) is 12.7 Å². The van der Waals surface area contributed by atoms with Crippen LogP contribution in [0.4, 0.5) is 10.1 Å². The molecule has 1 atom stereocenters. The van der Waals surface area contributed by atoms with Gasteiger partial charge in [-0.05, 0) is 37.6 Å². The number of nitrogens with zero attached hydrogens (tertiary/aromatic N) is 2. The molecule has 0 amide bonds. The maximum absolute atomic E-state index is 13.4. The highest BCUT2D eigenvalue weighted by Crippen LogP contribution is 2.22. The molecule has 1 heterocycles. The van der Waals surface area contributed by atoms with Crippen molar-refractivity contribution >= 4 is 11.7 Å². The van der Waals surface area contributed by atoms with E-state index in [2.05, 4.69) is 10.4 Å². The molecule has 0 aliphatic heterocycles. The van der Waals surface area contributed by atoms with Crippen molar-refractivity contribution in [2.75, 3.05) is 12.4 Å². The van der Waals surface area contributed by atoms with Crippen molar-refractivity contribution in [3.8, 4) is 0 Å². The van der Waals surface area contributed by atoms with E-state index in [1.54, 1.807) is 30.1 Å². The van der Waals surface area contributed by atoms with Gasteiger partial charge in [0.25, 0.3) is 0 Å². The molecule has 0 aliphatic rings. The van der Waals surface area contributed by atoms with Crippen LogP contribution in [0.3, 0.4) is 0 Å². The minimum absolute atomic E-state index is 0.356. The van der Waals surface area contributed by atoms with Crippen LogP contribution in [0.5, 0.6) is 0 Å². The van der Waals surface area contributed by atoms with Gasteiger partial charge in [0.1, 0.15) is 5.82 Å². The van der Waals surface area contributed by atoms with Crippen molar-refractivity contribution in [2.24, 2.45) is 0 Å². The molecular weight excluding hydrogens is 273 g/mol. The standard InChI is InChI=1S/C15H18FN3O2/c1-4-19-9-11(8-17-19)14(15(20)21-3)18-13-6-10(2)5-12(16)7-13/h5-9,14,18H,4H2,1-3H3. The summed E-state index contributed by atoms with van der Waals surface area (Å²) < 4.78 is 20.0. The fraction of sp³-hybridized carbons (Fsp3) is 0.333. The first kappa shape index (κ1) is 15.0. The second-order valence-electron chi connectivity index (χ2n) is 4.75. The van der Waals surface area contributed by atoms with Crippen LogP contribution in [0.15, 0.2) is 30.6 Å². The summed E-state index contributed by atoms with van der Waals surface area (Å²) in [6, 6.07) is 3.81. The summed E-state index contributed by atoms with van der Waals surface area (Å²) in [6.45, 7) is 4.44. The van der Waals surface area contributed by atoms with E-state index in [4.69, 9.17) is 4.74 Å². The number of anilines is 1. The van der Waals surface area contributed by atoms with Crippen molar-refractivity contribution in [3.63, 3.8) is 0 Å². The number of aryl methyl sites for hydroxylation is 2. The number of hydrogen-bond acceptors (Lipinski definition) is 4. The van der Waals surface area contributed by atoms with Gasteiger partial charge in [-0.15, -0.1) is 0 Å². The Labute approximate surface area is 122 Å². The zero-order valence-corrected chi connectivity index (χ0v) is 12.3. The molecule has 0 bridgehead atoms. The van der Waals surface area contributed by atoms with Crippen LogP contribution >= 0.6 is 0 Å². The first-order valence-electron chi connectivity index (χ1n) is 6.67. The summed E-state index contributed by atoms with van der Waals surface area (Å²) >= 11 is 0. The fourth-order valence-electron chi connectivity index (χ4n) is 2.08. The van der Waals surface area contributed by atoms with Crippen LogP contribution < -0.4 is 5.32 Å². The number of esters is 1. The Morgan fingerprint density at radius 3 is 2.81 bits per heavy atom. The summed E-state index contributed by atoms with van der Waals surface area (Å²) in [7, 11) is 1.32. The number of benzene rings is 1. The third kappa shape index (κ3) is 3.59. The molecule has 1 aromatic heterocycles. The van der Waals surface area contributed by atoms with Crippen molar-refractivity contribution in [2.45, 2.75) is 26.4 Å². The van der Waals surface area contributed by atoms with E-state index < -0.39 is 12.0 Å². The molecular formula is C15H18FN3O2. The average molecular weight is 291 g/mol. The van der Waals surface area contributed by atoms with E-state index in [1.807, 2.05) is 6.92 Å². The van der Waals surface area contributed by atoms with Gasteiger partial charge < -0.3 is 10.1 Å². The minimum Gasteiger partial charge on any atom is -0.467 e. The molecule has 0 saturated heterocycles. The van der Waals surface area contributed by atoms with Gasteiger partial charge in [-0.3, -0.25) is 4.68 Å². The molecule has 1 aromatic carbocycles. The first-order valence-corrected chi connectivity index (χ1v) is 6.67. The average Bonchev–Trinajstić information content (AvgIpc) is 2.91. The maximum atomic E-state index is 13.4. The second-order valence-corrected chi connectivity index (χ2v) is 4.75. The number of aromatic nitrogens is 2. The van der Waals surface area contributed by atoms with Crippen molar-refractivity contribution in [3.05, 3.63) is 47.5 Å². The molecule has 1 unspecified atom stereocenters. The Kier molecular flexibility index (Phi) is 4.57. The topological polar surface area (TPSA) is 56.2 Å². The number of nitrogens with one attached hydrogen (secondary N) is 1. The smallest absolute Gasteiger partial charge is 0.333 e. The zero-order valence-electron chi connectivity index (χ0n) is 12.3. The monoisotopic (exact) mass is 291 g/mol. The Balaban J connectivity index is 2.30. The Morgan fingerprint density at radius 1 is 1.48 bits per heavy atom. The molecule has 5 nitrogen and oxygen atoms in total. The SMILES string of the molecule is CCn1cc(C(Nc2cc(C)cc(F)c2)C(=O)OC)cn1. The van der Waals surface area contributed by atoms with Gasteiger partial charge >= 0.3 is 5.97 Å². The van der Waals surface area contributed by atoms with Crippen molar-refractivity contribution in [1.82, 2.24) is 9.78 Å². The highest BCUT2D eigenvalue weighted by molar-refractivity contribution is 5.80. The van der Waals surface area contributed by atoms with Gasteiger partial charge in [-0.2, -0.15) is 5.10 Å². The van der Waals surface area contributed by atoms with Crippen molar-refractivity contribution < 1.29 is 13.9 Å². The van der Waals surface area contributed by atoms with Crippen LogP contribution in [0.2, 0.25) is 0 Å². The van der Waals surface area contributed by atoms with Gasteiger partial charge in [0.05, 0.1) is 13.3 Å². The van der Waals surface area contributed by atoms with E-state index in [0.717, 1.165) is 5.56 Å². The molecule has 0 spiro atoms. The summed E-state index contributed by atoms with van der Waals surface area (Å²) in [5.41, 5.74) is 1.96. The second kappa shape index (κ2) is 6.39. The van der Waals surface area contributed by atoms with Crippen molar-refractivity contribution in [1.29, 1.82) is 0 Å². The molecule has 0 radical (unpaired) electrons. The number of hydrogen-bond donors (Lipinski definition) is 1. The number of ether oxygens (including phenoxy) is 1. The number of methoxy groups -OCH3 is 1. The van der Waals surface area contributed by atoms with Gasteiger partial charge in [0.2, 0.25) is 0 Å². The third-order valence-corrected chi connectivity index (χ3v) is 3.10. The lowest BCUT2D eigenvalue weighted by Crippen LogP contribution is -2.22. The molecule has 21 heavy (non-hydrogen) atoms. The molecule has 1 N–H and O–H groups in total. The Morgan fingerprint density at radius 2 is 2.24 bits per heavy atom. The quantitative estimate of drug-likeness (QED) is 0.861. The molecule has 0 saturated carbocycles. The highest BCUT2D eigenvalue weighted by Gasteiger charge is 2.23. The summed E-state index contributed by atoms with van der Waals surface area (Å²) in [5.74, 6) is -0.807. The first-order chi connectivity index (χ1) is 10.0. The fourth-order valence-corrected chi connectivity index (χ4v) is 2.08. The van der Waals surface area contributed by atoms with Gasteiger partial charge in [0.15, 0.2) is 6.04 Å². The lowest BCUT2D eigenvalue weighted by molar-refractivity contribution is -0.141. The molecule has 112 valence electrons. The number of carbonyl (C=O) groups excluding carboxylic acids is 1.